The lowest BCUT2D eigenvalue weighted by Crippen LogP contribution is -2.27. The van der Waals surface area contributed by atoms with Crippen LogP contribution in [-0.4, -0.2) is 32.4 Å². The van der Waals surface area contributed by atoms with Crippen LogP contribution in [0.4, 0.5) is 0 Å². The number of hydrogen-bond acceptors (Lipinski definition) is 5. The van der Waals surface area contributed by atoms with E-state index < -0.39 is 15.7 Å². The van der Waals surface area contributed by atoms with Crippen LogP contribution in [0.2, 0.25) is 5.02 Å². The third-order valence-electron chi connectivity index (χ3n) is 4.67. The van der Waals surface area contributed by atoms with Crippen LogP contribution in [0.1, 0.15) is 26.3 Å². The molecule has 0 fully saturated rings. The molecular weight excluding hydrogens is 442 g/mol. The Kier molecular flexibility index (Phi) is 5.69. The minimum Gasteiger partial charge on any atom is -0.351 e. The summed E-state index contributed by atoms with van der Waals surface area (Å²) in [5, 5.41) is 3.44. The van der Waals surface area contributed by atoms with Gasteiger partial charge in [-0.05, 0) is 54.6 Å². The molecule has 0 aromatic heterocycles. The zero-order valence-electron chi connectivity index (χ0n) is 15.6. The molecule has 0 saturated heterocycles. The van der Waals surface area contributed by atoms with Gasteiger partial charge in [0.25, 0.3) is 5.91 Å². The van der Waals surface area contributed by atoms with Gasteiger partial charge in [-0.15, -0.1) is 11.8 Å². The number of benzene rings is 3. The number of thioether (sulfide) groups is 1. The maximum Gasteiger partial charge on any atom is 0.251 e. The molecule has 30 heavy (non-hydrogen) atoms. The van der Waals surface area contributed by atoms with Crippen LogP contribution in [0.3, 0.4) is 0 Å². The van der Waals surface area contributed by atoms with E-state index in [2.05, 4.69) is 5.32 Å². The average molecular weight is 458 g/mol. The van der Waals surface area contributed by atoms with Crippen molar-refractivity contribution >= 4 is 44.9 Å². The molecule has 1 aliphatic heterocycles. The summed E-state index contributed by atoms with van der Waals surface area (Å²) < 4.78 is 25.9. The number of nitrogens with one attached hydrogen (secondary N) is 1. The van der Waals surface area contributed by atoms with Crippen LogP contribution in [0.5, 0.6) is 0 Å². The van der Waals surface area contributed by atoms with Crippen LogP contribution in [0.15, 0.2) is 81.4 Å². The maximum absolute atomic E-state index is 13.0. The highest BCUT2D eigenvalue weighted by Crippen LogP contribution is 2.34. The lowest BCUT2D eigenvalue weighted by Gasteiger charge is -2.19. The van der Waals surface area contributed by atoms with Gasteiger partial charge in [0.2, 0.25) is 9.84 Å². The van der Waals surface area contributed by atoms with E-state index in [-0.39, 0.29) is 32.3 Å². The number of rotatable bonds is 5. The summed E-state index contributed by atoms with van der Waals surface area (Å²) in [6.45, 7) is 0.401. The summed E-state index contributed by atoms with van der Waals surface area (Å²) in [7, 11) is -3.87. The lowest BCUT2D eigenvalue weighted by atomic mass is 10.0. The highest BCUT2D eigenvalue weighted by Gasteiger charge is 2.34. The number of ketones is 1. The largest absolute Gasteiger partial charge is 0.351 e. The van der Waals surface area contributed by atoms with Crippen molar-refractivity contribution < 1.29 is 18.0 Å². The number of halogens is 1. The Bertz CT molecular complexity index is 1250. The van der Waals surface area contributed by atoms with Crippen LogP contribution in [0, 0.1) is 0 Å². The Balaban J connectivity index is 1.48. The number of carbonyl (C=O) groups is 2. The molecule has 1 heterocycles. The van der Waals surface area contributed by atoms with Gasteiger partial charge in [0.05, 0.1) is 9.79 Å². The first kappa shape index (κ1) is 20.7. The van der Waals surface area contributed by atoms with Gasteiger partial charge >= 0.3 is 0 Å². The summed E-state index contributed by atoms with van der Waals surface area (Å²) in [6, 6.07) is 17.7. The van der Waals surface area contributed by atoms with Crippen molar-refractivity contribution in [3.8, 4) is 0 Å². The van der Waals surface area contributed by atoms with Crippen molar-refractivity contribution in [2.75, 3.05) is 12.3 Å². The van der Waals surface area contributed by atoms with E-state index in [1.54, 1.807) is 36.0 Å². The fourth-order valence-electron chi connectivity index (χ4n) is 3.19. The predicted molar refractivity (Wildman–Crippen MR) is 116 cm³/mol. The second-order valence-electron chi connectivity index (χ2n) is 6.60. The Morgan fingerprint density at radius 2 is 1.63 bits per heavy atom. The predicted octanol–water partition coefficient (Wildman–Crippen LogP) is 4.24. The van der Waals surface area contributed by atoms with Crippen molar-refractivity contribution in [1.82, 2.24) is 5.32 Å². The molecule has 5 nitrogen and oxygen atoms in total. The summed E-state index contributed by atoms with van der Waals surface area (Å²) in [5.74, 6) is -0.111. The number of amides is 1. The smallest absolute Gasteiger partial charge is 0.251 e. The molecule has 1 N–H and O–H groups in total. The first-order valence-electron chi connectivity index (χ1n) is 9.07. The van der Waals surface area contributed by atoms with Crippen molar-refractivity contribution in [3.05, 3.63) is 88.4 Å². The van der Waals surface area contributed by atoms with E-state index in [9.17, 15) is 18.0 Å². The van der Waals surface area contributed by atoms with E-state index in [4.69, 9.17) is 11.6 Å². The Labute approximate surface area is 183 Å². The molecule has 152 valence electrons. The van der Waals surface area contributed by atoms with E-state index in [0.717, 1.165) is 4.90 Å². The fraction of sp³-hybridized carbons (Fsp3) is 0.0909. The van der Waals surface area contributed by atoms with Crippen molar-refractivity contribution in [3.63, 3.8) is 0 Å². The Hall–Kier alpha value is -2.61. The van der Waals surface area contributed by atoms with E-state index in [0.29, 0.717) is 17.3 Å². The number of hydrogen-bond donors (Lipinski definition) is 1. The molecule has 0 radical (unpaired) electrons. The molecule has 0 unspecified atom stereocenters. The summed E-state index contributed by atoms with van der Waals surface area (Å²) in [5.41, 5.74) is 0.436. The SMILES string of the molecule is O=C(NCCSc1ccc(Cl)cc1)c1ccc2c(c1)S(=O)(=O)c1ccccc1C2=O. The van der Waals surface area contributed by atoms with Gasteiger partial charge in [0, 0.05) is 38.9 Å². The van der Waals surface area contributed by atoms with Gasteiger partial charge in [-0.3, -0.25) is 9.59 Å². The van der Waals surface area contributed by atoms with Gasteiger partial charge in [-0.2, -0.15) is 0 Å². The Morgan fingerprint density at radius 1 is 0.933 bits per heavy atom. The first-order valence-corrected chi connectivity index (χ1v) is 11.9. The molecule has 3 aromatic rings. The van der Waals surface area contributed by atoms with Gasteiger partial charge < -0.3 is 5.32 Å². The fourth-order valence-corrected chi connectivity index (χ4v) is 5.76. The minimum atomic E-state index is -3.87. The third kappa shape index (κ3) is 3.88. The van der Waals surface area contributed by atoms with E-state index in [1.165, 1.54) is 30.3 Å². The maximum atomic E-state index is 13.0. The van der Waals surface area contributed by atoms with Crippen molar-refractivity contribution in [2.45, 2.75) is 14.7 Å². The topological polar surface area (TPSA) is 80.3 Å². The zero-order valence-corrected chi connectivity index (χ0v) is 18.0. The summed E-state index contributed by atoms with van der Waals surface area (Å²) in [4.78, 5) is 26.0. The van der Waals surface area contributed by atoms with Gasteiger partial charge in [-0.1, -0.05) is 23.7 Å². The normalized spacial score (nSPS) is 14.0. The Morgan fingerprint density at radius 3 is 2.40 bits per heavy atom. The molecule has 0 bridgehead atoms. The standard InChI is InChI=1S/C22H16ClNO4S2/c23-15-6-8-16(9-7-15)29-12-11-24-22(26)14-5-10-18-20(13-14)30(27,28)19-4-2-1-3-17(19)21(18)25/h1-10,13H,11-12H2,(H,24,26). The quantitative estimate of drug-likeness (QED) is 0.358. The van der Waals surface area contributed by atoms with Crippen molar-refractivity contribution in [2.24, 2.45) is 0 Å². The number of sulfone groups is 1. The monoisotopic (exact) mass is 457 g/mol. The highest BCUT2D eigenvalue weighted by molar-refractivity contribution is 7.99. The molecule has 3 aromatic carbocycles. The van der Waals surface area contributed by atoms with Crippen LogP contribution < -0.4 is 5.32 Å². The van der Waals surface area contributed by atoms with E-state index in [1.807, 2.05) is 12.1 Å². The third-order valence-corrected chi connectivity index (χ3v) is 7.79. The highest BCUT2D eigenvalue weighted by atomic mass is 35.5. The first-order chi connectivity index (χ1) is 14.4. The van der Waals surface area contributed by atoms with Crippen LogP contribution in [-0.2, 0) is 9.84 Å². The average Bonchev–Trinajstić information content (AvgIpc) is 2.76. The van der Waals surface area contributed by atoms with Crippen molar-refractivity contribution in [1.29, 1.82) is 0 Å². The van der Waals surface area contributed by atoms with Gasteiger partial charge in [-0.25, -0.2) is 8.42 Å². The van der Waals surface area contributed by atoms with Gasteiger partial charge in [0.15, 0.2) is 5.78 Å². The molecule has 0 spiro atoms. The number of carbonyl (C=O) groups excluding carboxylic acids is 2. The molecule has 0 saturated carbocycles. The molecule has 1 aliphatic rings. The van der Waals surface area contributed by atoms with Crippen LogP contribution >= 0.6 is 23.4 Å². The molecular formula is C22H16ClNO4S2. The molecule has 0 atom stereocenters. The zero-order chi connectivity index (χ0) is 21.3. The molecule has 1 amide bonds. The van der Waals surface area contributed by atoms with Gasteiger partial charge in [0.1, 0.15) is 0 Å². The second kappa shape index (κ2) is 8.26. The second-order valence-corrected chi connectivity index (χ2v) is 10.1. The number of fused-ring (bicyclic) bond motifs is 2. The molecule has 8 heteroatoms. The minimum absolute atomic E-state index is 0.0283. The lowest BCUT2D eigenvalue weighted by molar-refractivity contribution is 0.0954. The van der Waals surface area contributed by atoms with E-state index >= 15 is 0 Å². The van der Waals surface area contributed by atoms with Crippen LogP contribution in [0.25, 0.3) is 0 Å². The summed E-state index contributed by atoms with van der Waals surface area (Å²) in [6.07, 6.45) is 0. The molecule has 4 rings (SSSR count). The summed E-state index contributed by atoms with van der Waals surface area (Å²) >= 11 is 7.43. The molecule has 0 aliphatic carbocycles.